The van der Waals surface area contributed by atoms with Crippen LogP contribution in [0.25, 0.3) is 0 Å². The smallest absolute Gasteiger partial charge is 0.254 e. The van der Waals surface area contributed by atoms with Gasteiger partial charge in [-0.15, -0.1) is 11.3 Å². The molecule has 0 spiro atoms. The molecule has 0 amide bonds. The minimum absolute atomic E-state index is 0.153. The lowest BCUT2D eigenvalue weighted by molar-refractivity contribution is 0.548. The van der Waals surface area contributed by atoms with Crippen LogP contribution in [0.2, 0.25) is 0 Å². The van der Waals surface area contributed by atoms with Gasteiger partial charge in [-0.1, -0.05) is 6.92 Å². The third-order valence-electron chi connectivity index (χ3n) is 2.68. The van der Waals surface area contributed by atoms with Gasteiger partial charge >= 0.3 is 0 Å². The van der Waals surface area contributed by atoms with E-state index >= 15 is 0 Å². The number of halogens is 3. The van der Waals surface area contributed by atoms with Gasteiger partial charge in [0.25, 0.3) is 10.0 Å². The molecule has 4 nitrogen and oxygen atoms in total. The number of aromatic nitrogens is 1. The zero-order valence-corrected chi connectivity index (χ0v) is 14.3. The SMILES string of the molecule is CCc1nc(NS(=O)(=O)c2c(F)cc(F)cc2Br)sc1C. The molecule has 9 heteroatoms. The van der Waals surface area contributed by atoms with Crippen molar-refractivity contribution >= 4 is 42.4 Å². The molecule has 0 bridgehead atoms. The van der Waals surface area contributed by atoms with Crippen molar-refractivity contribution in [3.63, 3.8) is 0 Å². The molecule has 0 radical (unpaired) electrons. The van der Waals surface area contributed by atoms with E-state index in [0.717, 1.165) is 28.0 Å². The highest BCUT2D eigenvalue weighted by Gasteiger charge is 2.25. The Labute approximate surface area is 133 Å². The Bertz CT molecular complexity index is 768. The van der Waals surface area contributed by atoms with Crippen LogP contribution in [-0.4, -0.2) is 13.4 Å². The van der Waals surface area contributed by atoms with Gasteiger partial charge in [0.05, 0.1) is 5.69 Å². The molecule has 1 N–H and O–H groups in total. The number of aryl methyl sites for hydroxylation is 2. The standard InChI is InChI=1S/C12H11BrF2N2O2S2/c1-3-10-6(2)20-12(16-10)17-21(18,19)11-8(13)4-7(14)5-9(11)15/h4-5H,3H2,1-2H3,(H,16,17). The molecule has 0 unspecified atom stereocenters. The number of hydrogen-bond acceptors (Lipinski definition) is 4. The second-order valence-corrected chi connectivity index (χ2v) is 7.86. The molecule has 21 heavy (non-hydrogen) atoms. The molecule has 0 atom stereocenters. The molecule has 0 aliphatic heterocycles. The normalized spacial score (nSPS) is 11.7. The number of anilines is 1. The van der Waals surface area contributed by atoms with E-state index in [9.17, 15) is 17.2 Å². The van der Waals surface area contributed by atoms with Crippen molar-refractivity contribution in [3.8, 4) is 0 Å². The topological polar surface area (TPSA) is 59.1 Å². The van der Waals surface area contributed by atoms with Gasteiger partial charge in [-0.05, 0) is 35.3 Å². The van der Waals surface area contributed by atoms with Crippen molar-refractivity contribution in [2.24, 2.45) is 0 Å². The van der Waals surface area contributed by atoms with Crippen LogP contribution in [0.3, 0.4) is 0 Å². The Hall–Kier alpha value is -1.06. The average molecular weight is 397 g/mol. The summed E-state index contributed by atoms with van der Waals surface area (Å²) in [4.78, 5) is 4.37. The van der Waals surface area contributed by atoms with Crippen molar-refractivity contribution in [1.29, 1.82) is 0 Å². The summed E-state index contributed by atoms with van der Waals surface area (Å²) < 4.78 is 53.3. The predicted octanol–water partition coefficient (Wildman–Crippen LogP) is 3.86. The van der Waals surface area contributed by atoms with E-state index in [1.165, 1.54) is 0 Å². The van der Waals surface area contributed by atoms with Crippen molar-refractivity contribution in [2.75, 3.05) is 4.72 Å². The number of benzene rings is 1. The minimum Gasteiger partial charge on any atom is -0.254 e. The Morgan fingerprint density at radius 1 is 1.38 bits per heavy atom. The van der Waals surface area contributed by atoms with Gasteiger partial charge < -0.3 is 0 Å². The van der Waals surface area contributed by atoms with E-state index < -0.39 is 26.6 Å². The minimum atomic E-state index is -4.19. The van der Waals surface area contributed by atoms with Crippen LogP contribution in [0.15, 0.2) is 21.5 Å². The molecular formula is C12H11BrF2N2O2S2. The van der Waals surface area contributed by atoms with Crippen molar-refractivity contribution in [3.05, 3.63) is 38.8 Å². The number of rotatable bonds is 4. The second-order valence-electron chi connectivity index (χ2n) is 4.18. The lowest BCUT2D eigenvalue weighted by Crippen LogP contribution is -2.15. The number of thiazole rings is 1. The average Bonchev–Trinajstić information content (AvgIpc) is 2.66. The lowest BCUT2D eigenvalue weighted by Gasteiger charge is -2.08. The van der Waals surface area contributed by atoms with Crippen LogP contribution < -0.4 is 4.72 Å². The maximum absolute atomic E-state index is 13.8. The monoisotopic (exact) mass is 396 g/mol. The predicted molar refractivity (Wildman–Crippen MR) is 81.1 cm³/mol. The van der Waals surface area contributed by atoms with Gasteiger partial charge in [-0.3, -0.25) is 4.72 Å². The molecule has 1 aromatic heterocycles. The molecule has 1 heterocycles. The van der Waals surface area contributed by atoms with E-state index in [4.69, 9.17) is 0 Å². The summed E-state index contributed by atoms with van der Waals surface area (Å²) >= 11 is 4.03. The van der Waals surface area contributed by atoms with E-state index in [1.807, 2.05) is 13.8 Å². The zero-order chi connectivity index (χ0) is 15.8. The highest BCUT2D eigenvalue weighted by Crippen LogP contribution is 2.30. The van der Waals surface area contributed by atoms with Gasteiger partial charge in [-0.25, -0.2) is 22.2 Å². The highest BCUT2D eigenvalue weighted by molar-refractivity contribution is 9.10. The van der Waals surface area contributed by atoms with E-state index in [-0.39, 0.29) is 9.60 Å². The molecule has 2 rings (SSSR count). The van der Waals surface area contributed by atoms with E-state index in [1.54, 1.807) is 0 Å². The van der Waals surface area contributed by atoms with E-state index in [0.29, 0.717) is 12.5 Å². The number of hydrogen-bond donors (Lipinski definition) is 1. The highest BCUT2D eigenvalue weighted by atomic mass is 79.9. The molecule has 2 aromatic rings. The molecular weight excluding hydrogens is 386 g/mol. The summed E-state index contributed by atoms with van der Waals surface area (Å²) in [7, 11) is -4.19. The molecule has 0 fully saturated rings. The summed E-state index contributed by atoms with van der Waals surface area (Å²) in [5.74, 6) is -2.03. The zero-order valence-electron chi connectivity index (χ0n) is 11.1. The van der Waals surface area contributed by atoms with Gasteiger partial charge in [0.15, 0.2) is 5.13 Å². The van der Waals surface area contributed by atoms with Crippen molar-refractivity contribution in [2.45, 2.75) is 25.2 Å². The summed E-state index contributed by atoms with van der Waals surface area (Å²) in [5, 5.41) is 0.153. The van der Waals surface area contributed by atoms with Crippen LogP contribution in [0.1, 0.15) is 17.5 Å². The third kappa shape index (κ3) is 3.41. The fourth-order valence-corrected chi connectivity index (χ4v) is 5.06. The van der Waals surface area contributed by atoms with Gasteiger partial charge in [0.1, 0.15) is 16.5 Å². The molecule has 1 aromatic carbocycles. The van der Waals surface area contributed by atoms with Crippen LogP contribution in [0, 0.1) is 18.6 Å². The second kappa shape index (κ2) is 5.98. The summed E-state index contributed by atoms with van der Waals surface area (Å²) in [6.45, 7) is 3.72. The number of nitrogens with one attached hydrogen (secondary N) is 1. The fraction of sp³-hybridized carbons (Fsp3) is 0.250. The summed E-state index contributed by atoms with van der Waals surface area (Å²) in [6.07, 6.45) is 0.665. The first-order chi connectivity index (χ1) is 9.74. The largest absolute Gasteiger partial charge is 0.267 e. The first kappa shape index (κ1) is 16.3. The molecule has 0 aliphatic rings. The van der Waals surface area contributed by atoms with Crippen molar-refractivity contribution < 1.29 is 17.2 Å². The Kier molecular flexibility index (Phi) is 4.64. The van der Waals surface area contributed by atoms with Gasteiger partial charge in [0.2, 0.25) is 0 Å². The third-order valence-corrected chi connectivity index (χ3v) is 6.04. The summed E-state index contributed by atoms with van der Waals surface area (Å²) in [5.41, 5.74) is 0.774. The molecule has 114 valence electrons. The maximum Gasteiger partial charge on any atom is 0.267 e. The van der Waals surface area contributed by atoms with Crippen molar-refractivity contribution in [1.82, 2.24) is 4.98 Å². The van der Waals surface area contributed by atoms with Crippen LogP contribution in [0.4, 0.5) is 13.9 Å². The molecule has 0 saturated heterocycles. The molecule has 0 saturated carbocycles. The van der Waals surface area contributed by atoms with Crippen LogP contribution >= 0.6 is 27.3 Å². The van der Waals surface area contributed by atoms with Gasteiger partial charge in [-0.2, -0.15) is 0 Å². The van der Waals surface area contributed by atoms with Crippen LogP contribution in [-0.2, 0) is 16.4 Å². The quantitative estimate of drug-likeness (QED) is 0.853. The lowest BCUT2D eigenvalue weighted by atomic mass is 10.3. The molecule has 0 aliphatic carbocycles. The fourth-order valence-electron chi connectivity index (χ4n) is 1.75. The first-order valence-electron chi connectivity index (χ1n) is 5.88. The van der Waals surface area contributed by atoms with Crippen LogP contribution in [0.5, 0.6) is 0 Å². The first-order valence-corrected chi connectivity index (χ1v) is 8.97. The summed E-state index contributed by atoms with van der Waals surface area (Å²) in [6, 6.07) is 1.41. The Morgan fingerprint density at radius 2 is 2.05 bits per heavy atom. The Morgan fingerprint density at radius 3 is 2.57 bits per heavy atom. The number of nitrogens with zero attached hydrogens (tertiary/aromatic N) is 1. The van der Waals surface area contributed by atoms with E-state index in [2.05, 4.69) is 25.6 Å². The Balaban J connectivity index is 2.43. The maximum atomic E-state index is 13.8. The number of sulfonamides is 1. The van der Waals surface area contributed by atoms with Gasteiger partial charge in [0, 0.05) is 15.4 Å².